The molecule has 0 N–H and O–H groups in total. The van der Waals surface area contributed by atoms with E-state index in [2.05, 4.69) is 33.4 Å². The van der Waals surface area contributed by atoms with Gasteiger partial charge in [0, 0.05) is 24.9 Å². The average Bonchev–Trinajstić information content (AvgIpc) is 3.19. The number of ether oxygens (including phenoxy) is 1. The van der Waals surface area contributed by atoms with E-state index in [0.717, 1.165) is 26.1 Å². The Morgan fingerprint density at radius 1 is 1.41 bits per heavy atom. The van der Waals surface area contributed by atoms with Crippen molar-refractivity contribution in [1.29, 1.82) is 0 Å². The summed E-state index contributed by atoms with van der Waals surface area (Å²) in [4.78, 5) is 8.32. The molecule has 0 unspecified atom stereocenters. The molecule has 0 amide bonds. The third kappa shape index (κ3) is 2.71. The van der Waals surface area contributed by atoms with Crippen LogP contribution in [0.2, 0.25) is 0 Å². The molecule has 2 saturated heterocycles. The molecule has 5 nitrogen and oxygen atoms in total. The minimum atomic E-state index is 0.0101. The number of rotatable bonds is 3. The lowest BCUT2D eigenvalue weighted by atomic mass is 9.91. The molecule has 0 saturated carbocycles. The molecule has 2 aliphatic heterocycles. The van der Waals surface area contributed by atoms with Crippen molar-refractivity contribution in [3.05, 3.63) is 33.6 Å². The van der Waals surface area contributed by atoms with Crippen LogP contribution in [0.1, 0.15) is 41.1 Å². The number of aryl methyl sites for hydroxylation is 2. The van der Waals surface area contributed by atoms with Gasteiger partial charge in [-0.1, -0.05) is 5.16 Å². The highest BCUT2D eigenvalue weighted by Crippen LogP contribution is 2.40. The second-order valence-electron chi connectivity index (χ2n) is 6.38. The molecular weight excluding hydrogens is 298 g/mol. The summed E-state index contributed by atoms with van der Waals surface area (Å²) in [5.74, 6) is 1.96. The van der Waals surface area contributed by atoms with E-state index >= 15 is 0 Å². The lowest BCUT2D eigenvalue weighted by Crippen LogP contribution is -2.41. The second-order valence-corrected chi connectivity index (χ2v) is 7.38. The molecule has 6 heteroatoms. The lowest BCUT2D eigenvalue weighted by Gasteiger charge is -2.33. The van der Waals surface area contributed by atoms with Crippen molar-refractivity contribution in [3.63, 3.8) is 0 Å². The minimum absolute atomic E-state index is 0.0101. The Morgan fingerprint density at radius 2 is 2.32 bits per heavy atom. The van der Waals surface area contributed by atoms with E-state index in [1.807, 2.05) is 18.3 Å². The summed E-state index contributed by atoms with van der Waals surface area (Å²) in [5.41, 5.74) is 1.40. The van der Waals surface area contributed by atoms with Crippen LogP contribution in [-0.2, 0) is 11.3 Å². The van der Waals surface area contributed by atoms with Crippen molar-refractivity contribution in [2.24, 2.45) is 5.92 Å². The summed E-state index contributed by atoms with van der Waals surface area (Å²) < 4.78 is 11.3. The van der Waals surface area contributed by atoms with E-state index in [0.29, 0.717) is 23.7 Å². The van der Waals surface area contributed by atoms with E-state index in [9.17, 15) is 0 Å². The van der Waals surface area contributed by atoms with E-state index in [1.54, 1.807) is 0 Å². The first-order valence-corrected chi connectivity index (χ1v) is 8.78. The molecule has 2 aromatic heterocycles. The maximum absolute atomic E-state index is 6.22. The van der Waals surface area contributed by atoms with Crippen LogP contribution >= 0.6 is 11.3 Å². The largest absolute Gasteiger partial charge is 0.365 e. The van der Waals surface area contributed by atoms with E-state index < -0.39 is 0 Å². The van der Waals surface area contributed by atoms with Gasteiger partial charge in [0.05, 0.1) is 6.10 Å². The van der Waals surface area contributed by atoms with Crippen molar-refractivity contribution in [2.75, 3.05) is 13.1 Å². The van der Waals surface area contributed by atoms with Crippen molar-refractivity contribution in [3.8, 4) is 0 Å². The fourth-order valence-corrected chi connectivity index (χ4v) is 4.47. The molecule has 2 aromatic rings. The maximum atomic E-state index is 6.22. The SMILES string of the molecule is Cc1nc([C@H]2C[C@@H]3CCN(Cc4sccc4C)C[C@H]3O2)no1. The van der Waals surface area contributed by atoms with Gasteiger partial charge >= 0.3 is 0 Å². The Balaban J connectivity index is 1.40. The number of piperidine rings is 1. The standard InChI is InChI=1S/C16H21N3O2S/c1-10-4-6-22-15(10)9-19-5-3-12-7-13(20-14(12)8-19)16-17-11(2)21-18-16/h4,6,12-14H,3,5,7-9H2,1-2H3/t12-,13+,14+/m0/s1. The zero-order chi connectivity index (χ0) is 15.1. The summed E-state index contributed by atoms with van der Waals surface area (Å²) in [5, 5.41) is 6.20. The molecule has 3 atom stereocenters. The highest BCUT2D eigenvalue weighted by molar-refractivity contribution is 7.10. The van der Waals surface area contributed by atoms with Crippen LogP contribution in [0.3, 0.4) is 0 Å². The third-order valence-electron chi connectivity index (χ3n) is 4.80. The predicted octanol–water partition coefficient (Wildman–Crippen LogP) is 3.10. The van der Waals surface area contributed by atoms with Gasteiger partial charge in [0.2, 0.25) is 11.7 Å². The van der Waals surface area contributed by atoms with Crippen LogP contribution in [-0.4, -0.2) is 34.2 Å². The number of thiophene rings is 1. The topological polar surface area (TPSA) is 51.4 Å². The first-order valence-electron chi connectivity index (χ1n) is 7.90. The average molecular weight is 319 g/mol. The van der Waals surface area contributed by atoms with Crippen LogP contribution in [0, 0.1) is 19.8 Å². The molecule has 4 heterocycles. The number of hydrogen-bond acceptors (Lipinski definition) is 6. The van der Waals surface area contributed by atoms with Gasteiger partial charge < -0.3 is 9.26 Å². The van der Waals surface area contributed by atoms with Crippen LogP contribution in [0.15, 0.2) is 16.0 Å². The molecular formula is C16H21N3O2S. The zero-order valence-electron chi connectivity index (χ0n) is 13.0. The molecule has 4 rings (SSSR count). The molecule has 0 bridgehead atoms. The summed E-state index contributed by atoms with van der Waals surface area (Å²) in [6, 6.07) is 2.20. The quantitative estimate of drug-likeness (QED) is 0.870. The smallest absolute Gasteiger partial charge is 0.223 e. The van der Waals surface area contributed by atoms with Gasteiger partial charge in [-0.05, 0) is 49.2 Å². The number of hydrogen-bond donors (Lipinski definition) is 0. The summed E-state index contributed by atoms with van der Waals surface area (Å²) in [6.07, 6.45) is 2.53. The van der Waals surface area contributed by atoms with Gasteiger partial charge in [0.15, 0.2) is 0 Å². The Labute approximate surface area is 134 Å². The molecule has 0 radical (unpaired) electrons. The number of fused-ring (bicyclic) bond motifs is 1. The third-order valence-corrected chi connectivity index (χ3v) is 5.81. The lowest BCUT2D eigenvalue weighted by molar-refractivity contribution is -0.0124. The summed E-state index contributed by atoms with van der Waals surface area (Å²) in [6.45, 7) is 7.22. The Hall–Kier alpha value is -1.24. The predicted molar refractivity (Wildman–Crippen MR) is 83.7 cm³/mol. The van der Waals surface area contributed by atoms with Gasteiger partial charge in [0.25, 0.3) is 0 Å². The molecule has 0 spiro atoms. The van der Waals surface area contributed by atoms with Crippen molar-refractivity contribution in [1.82, 2.24) is 15.0 Å². The van der Waals surface area contributed by atoms with Crippen molar-refractivity contribution in [2.45, 2.75) is 45.4 Å². The second kappa shape index (κ2) is 5.76. The highest BCUT2D eigenvalue weighted by Gasteiger charge is 2.41. The van der Waals surface area contributed by atoms with Gasteiger partial charge in [-0.15, -0.1) is 11.3 Å². The molecule has 0 aromatic carbocycles. The van der Waals surface area contributed by atoms with E-state index in [4.69, 9.17) is 9.26 Å². The Kier molecular flexibility index (Phi) is 3.76. The minimum Gasteiger partial charge on any atom is -0.365 e. The molecule has 2 aliphatic rings. The van der Waals surface area contributed by atoms with Gasteiger partial charge in [-0.25, -0.2) is 0 Å². The van der Waals surface area contributed by atoms with Crippen molar-refractivity contribution < 1.29 is 9.26 Å². The normalized spacial score (nSPS) is 28.9. The Bertz CT molecular complexity index is 653. The molecule has 0 aliphatic carbocycles. The first-order chi connectivity index (χ1) is 10.7. The van der Waals surface area contributed by atoms with Gasteiger partial charge in [0.1, 0.15) is 6.10 Å². The molecule has 2 fully saturated rings. The number of nitrogens with zero attached hydrogens (tertiary/aromatic N) is 3. The van der Waals surface area contributed by atoms with Crippen molar-refractivity contribution >= 4 is 11.3 Å². The molecule has 118 valence electrons. The van der Waals surface area contributed by atoms with Crippen LogP contribution < -0.4 is 0 Å². The first kappa shape index (κ1) is 14.4. The zero-order valence-corrected chi connectivity index (χ0v) is 13.8. The van der Waals surface area contributed by atoms with Crippen LogP contribution in [0.4, 0.5) is 0 Å². The maximum Gasteiger partial charge on any atom is 0.223 e. The summed E-state index contributed by atoms with van der Waals surface area (Å²) >= 11 is 1.85. The number of likely N-dealkylation sites (tertiary alicyclic amines) is 1. The highest BCUT2D eigenvalue weighted by atomic mass is 32.1. The monoisotopic (exact) mass is 319 g/mol. The van der Waals surface area contributed by atoms with Crippen LogP contribution in [0.25, 0.3) is 0 Å². The van der Waals surface area contributed by atoms with Crippen LogP contribution in [0.5, 0.6) is 0 Å². The molecule has 22 heavy (non-hydrogen) atoms. The fraction of sp³-hybridized carbons (Fsp3) is 0.625. The van der Waals surface area contributed by atoms with E-state index in [1.165, 1.54) is 16.9 Å². The van der Waals surface area contributed by atoms with E-state index in [-0.39, 0.29) is 6.10 Å². The van der Waals surface area contributed by atoms with Gasteiger partial charge in [-0.3, -0.25) is 4.90 Å². The van der Waals surface area contributed by atoms with Gasteiger partial charge in [-0.2, -0.15) is 4.98 Å². The fourth-order valence-electron chi connectivity index (χ4n) is 3.52. The summed E-state index contributed by atoms with van der Waals surface area (Å²) in [7, 11) is 0. The Morgan fingerprint density at radius 3 is 3.05 bits per heavy atom. The number of aromatic nitrogens is 2.